The summed E-state index contributed by atoms with van der Waals surface area (Å²) in [5.74, 6) is 4.86. The molecule has 33 heavy (non-hydrogen) atoms. The van der Waals surface area contributed by atoms with Crippen LogP contribution in [0.15, 0.2) is 48.6 Å². The summed E-state index contributed by atoms with van der Waals surface area (Å²) in [5.41, 5.74) is 6.24. The van der Waals surface area contributed by atoms with Gasteiger partial charge in [0.25, 0.3) is 0 Å². The Balaban J connectivity index is 1.22. The molecule has 176 valence electrons. The van der Waals surface area contributed by atoms with Crippen LogP contribution in [0.4, 0.5) is 8.78 Å². The summed E-state index contributed by atoms with van der Waals surface area (Å²) in [7, 11) is 1.33. The van der Waals surface area contributed by atoms with E-state index in [0.29, 0.717) is 18.2 Å². The number of hydrogen-bond acceptors (Lipinski definition) is 7. The molecule has 2 heterocycles. The number of hydrazine groups is 1. The van der Waals surface area contributed by atoms with E-state index in [2.05, 4.69) is 37.7 Å². The Kier molecular flexibility index (Phi) is 7.38. The predicted molar refractivity (Wildman–Crippen MR) is 120 cm³/mol. The monoisotopic (exact) mass is 458 g/mol. The molecule has 5 N–H and O–H groups in total. The number of nitrogens with one attached hydrogen (secondary N) is 3. The summed E-state index contributed by atoms with van der Waals surface area (Å²) >= 11 is 0. The van der Waals surface area contributed by atoms with Gasteiger partial charge in [-0.2, -0.15) is 0 Å². The standard InChI is InChI=1S/C23H28F2N6O2/c1-32-21-6-5-20(24)19(23(21)25)10-28-14-33-13-18(30-26)9-27-8-17-12-31-11-16(15-2-3-15)4-7-22(31)29-17/h4-7,9,11-12,15,27-28,30H,2-3,8,10,13-14,26H2,1H3/b18-9-. The number of nitrogens with zero attached hydrogens (tertiary/aromatic N) is 2. The Hall–Kier alpha value is -3.21. The number of methoxy groups -OCH3 is 1. The van der Waals surface area contributed by atoms with Gasteiger partial charge in [0.1, 0.15) is 11.5 Å². The molecule has 0 spiro atoms. The molecule has 8 nitrogen and oxygen atoms in total. The van der Waals surface area contributed by atoms with Gasteiger partial charge < -0.3 is 24.6 Å². The van der Waals surface area contributed by atoms with Crippen LogP contribution in [-0.2, 0) is 17.8 Å². The van der Waals surface area contributed by atoms with Crippen molar-refractivity contribution in [3.63, 3.8) is 0 Å². The maximum Gasteiger partial charge on any atom is 0.172 e. The van der Waals surface area contributed by atoms with Gasteiger partial charge in [0.15, 0.2) is 11.6 Å². The molecule has 1 aromatic carbocycles. The van der Waals surface area contributed by atoms with Gasteiger partial charge in [0.05, 0.1) is 38.4 Å². The highest BCUT2D eigenvalue weighted by atomic mass is 19.1. The predicted octanol–water partition coefficient (Wildman–Crippen LogP) is 2.66. The molecule has 0 atom stereocenters. The van der Waals surface area contributed by atoms with Crippen LogP contribution in [0.25, 0.3) is 5.65 Å². The number of pyridine rings is 1. The average molecular weight is 459 g/mol. The Morgan fingerprint density at radius 3 is 2.82 bits per heavy atom. The van der Waals surface area contributed by atoms with E-state index >= 15 is 0 Å². The zero-order valence-electron chi connectivity index (χ0n) is 18.4. The van der Waals surface area contributed by atoms with Crippen molar-refractivity contribution < 1.29 is 18.3 Å². The summed E-state index contributed by atoms with van der Waals surface area (Å²) in [6, 6.07) is 6.61. The smallest absolute Gasteiger partial charge is 0.172 e. The van der Waals surface area contributed by atoms with Gasteiger partial charge in [-0.3, -0.25) is 11.2 Å². The number of fused-ring (bicyclic) bond motifs is 1. The van der Waals surface area contributed by atoms with Crippen molar-refractivity contribution in [2.45, 2.75) is 31.8 Å². The first kappa shape index (κ1) is 23.0. The molecule has 0 amide bonds. The zero-order valence-corrected chi connectivity index (χ0v) is 18.4. The first-order valence-corrected chi connectivity index (χ1v) is 10.7. The summed E-state index contributed by atoms with van der Waals surface area (Å²) in [6.45, 7) is 0.733. The number of imidazole rings is 1. The lowest BCUT2D eigenvalue weighted by Gasteiger charge is -2.11. The quantitative estimate of drug-likeness (QED) is 0.143. The molecule has 4 rings (SSSR count). The fraction of sp³-hybridized carbons (Fsp3) is 0.348. The minimum absolute atomic E-state index is 0.00768. The second kappa shape index (κ2) is 10.6. The first-order valence-electron chi connectivity index (χ1n) is 10.7. The summed E-state index contributed by atoms with van der Waals surface area (Å²) in [6.07, 6.45) is 8.40. The Bertz CT molecular complexity index is 1130. The van der Waals surface area contributed by atoms with Crippen molar-refractivity contribution >= 4 is 5.65 Å². The van der Waals surface area contributed by atoms with Crippen LogP contribution in [0.2, 0.25) is 0 Å². The zero-order chi connectivity index (χ0) is 23.2. The van der Waals surface area contributed by atoms with Crippen molar-refractivity contribution in [2.24, 2.45) is 5.84 Å². The minimum Gasteiger partial charge on any atom is -0.494 e. The van der Waals surface area contributed by atoms with E-state index in [4.69, 9.17) is 15.3 Å². The van der Waals surface area contributed by atoms with Gasteiger partial charge in [0, 0.05) is 30.7 Å². The van der Waals surface area contributed by atoms with Crippen LogP contribution in [0, 0.1) is 11.6 Å². The largest absolute Gasteiger partial charge is 0.494 e. The molecular weight excluding hydrogens is 430 g/mol. The van der Waals surface area contributed by atoms with Gasteiger partial charge in [-0.1, -0.05) is 6.07 Å². The number of hydrogen-bond donors (Lipinski definition) is 4. The molecule has 1 saturated carbocycles. The third-order valence-electron chi connectivity index (χ3n) is 5.45. The maximum atomic E-state index is 14.1. The molecule has 1 fully saturated rings. The van der Waals surface area contributed by atoms with Gasteiger partial charge >= 0.3 is 0 Å². The second-order valence-electron chi connectivity index (χ2n) is 7.89. The minimum atomic E-state index is -0.728. The van der Waals surface area contributed by atoms with Crippen molar-refractivity contribution in [3.05, 3.63) is 77.0 Å². The van der Waals surface area contributed by atoms with Crippen LogP contribution < -0.4 is 26.6 Å². The highest BCUT2D eigenvalue weighted by Crippen LogP contribution is 2.39. The van der Waals surface area contributed by atoms with Crippen molar-refractivity contribution in [3.8, 4) is 5.75 Å². The number of halogens is 2. The van der Waals surface area contributed by atoms with Crippen LogP contribution in [0.1, 0.15) is 35.6 Å². The summed E-state index contributed by atoms with van der Waals surface area (Å²) in [5, 5.41) is 6.00. The highest BCUT2D eigenvalue weighted by molar-refractivity contribution is 5.42. The molecule has 0 aliphatic heterocycles. The van der Waals surface area contributed by atoms with Crippen LogP contribution in [-0.4, -0.2) is 29.8 Å². The number of nitrogens with two attached hydrogens (primary N) is 1. The average Bonchev–Trinajstić information content (AvgIpc) is 3.59. The van der Waals surface area contributed by atoms with E-state index in [9.17, 15) is 8.78 Å². The van der Waals surface area contributed by atoms with Gasteiger partial charge in [-0.05, 0) is 42.5 Å². The Morgan fingerprint density at radius 1 is 1.21 bits per heavy atom. The number of benzene rings is 1. The molecule has 10 heteroatoms. The van der Waals surface area contributed by atoms with Crippen LogP contribution in [0.5, 0.6) is 5.75 Å². The lowest BCUT2D eigenvalue weighted by molar-refractivity contribution is 0.131. The van der Waals surface area contributed by atoms with E-state index in [0.717, 1.165) is 11.3 Å². The van der Waals surface area contributed by atoms with E-state index in [1.807, 2.05) is 12.3 Å². The third kappa shape index (κ3) is 5.78. The maximum absolute atomic E-state index is 14.1. The SMILES string of the molecule is COc1ccc(F)c(CNCOC/C(=C/NCc2cn3cc(C4CC4)ccc3n2)NN)c1F. The molecule has 0 saturated heterocycles. The molecule has 0 radical (unpaired) electrons. The third-order valence-corrected chi connectivity index (χ3v) is 5.45. The topological polar surface area (TPSA) is 97.9 Å². The fourth-order valence-electron chi connectivity index (χ4n) is 3.51. The van der Waals surface area contributed by atoms with Gasteiger partial charge in [0.2, 0.25) is 0 Å². The van der Waals surface area contributed by atoms with Gasteiger partial charge in [-0.25, -0.2) is 13.8 Å². The summed E-state index contributed by atoms with van der Waals surface area (Å²) in [4.78, 5) is 4.61. The summed E-state index contributed by atoms with van der Waals surface area (Å²) < 4.78 is 40.4. The van der Waals surface area contributed by atoms with E-state index in [1.54, 1.807) is 6.20 Å². The normalized spacial score (nSPS) is 14.0. The van der Waals surface area contributed by atoms with Crippen molar-refractivity contribution in [2.75, 3.05) is 20.4 Å². The highest BCUT2D eigenvalue weighted by Gasteiger charge is 2.23. The second-order valence-corrected chi connectivity index (χ2v) is 7.89. The number of rotatable bonds is 12. The number of aromatic nitrogens is 2. The van der Waals surface area contributed by atoms with Crippen molar-refractivity contribution in [1.29, 1.82) is 0 Å². The molecule has 0 bridgehead atoms. The fourth-order valence-corrected chi connectivity index (χ4v) is 3.51. The molecule has 0 unspecified atom stereocenters. The molecule has 1 aliphatic carbocycles. The number of ether oxygens (including phenoxy) is 2. The van der Waals surface area contributed by atoms with Gasteiger partial charge in [-0.15, -0.1) is 0 Å². The lowest BCUT2D eigenvalue weighted by atomic mass is 10.2. The molecule has 3 aromatic rings. The van der Waals surface area contributed by atoms with E-state index in [-0.39, 0.29) is 31.2 Å². The van der Waals surface area contributed by atoms with E-state index < -0.39 is 11.6 Å². The van der Waals surface area contributed by atoms with Crippen molar-refractivity contribution in [1.82, 2.24) is 25.4 Å². The van der Waals surface area contributed by atoms with Crippen LogP contribution >= 0.6 is 0 Å². The van der Waals surface area contributed by atoms with Crippen LogP contribution in [0.3, 0.4) is 0 Å². The van der Waals surface area contributed by atoms with E-state index in [1.165, 1.54) is 37.6 Å². The molecular formula is C23H28F2N6O2. The molecule has 1 aliphatic rings. The lowest BCUT2D eigenvalue weighted by Crippen LogP contribution is -2.28. The Labute approximate surface area is 190 Å². The Morgan fingerprint density at radius 2 is 2.06 bits per heavy atom. The molecule has 2 aromatic heterocycles. The first-order chi connectivity index (χ1) is 16.1.